The Morgan fingerprint density at radius 1 is 0.792 bits per heavy atom. The molecule has 1 aliphatic heterocycles. The fourth-order valence-corrected chi connectivity index (χ4v) is 8.26. The number of fused-ring (bicyclic) bond motifs is 1. The molecule has 0 aliphatic carbocycles. The first-order valence-electron chi connectivity index (χ1n) is 18.4. The van der Waals surface area contributed by atoms with Crippen LogP contribution in [0.3, 0.4) is 0 Å². The Morgan fingerprint density at radius 3 is 2.06 bits per heavy atom. The predicted octanol–water partition coefficient (Wildman–Crippen LogP) is 8.71. The maximum Gasteiger partial charge on any atom is 0.138 e. The van der Waals surface area contributed by atoms with Crippen LogP contribution in [0.1, 0.15) is 46.4 Å². The smallest absolute Gasteiger partial charge is 0.138 e. The molecular formula is C46H44FN5O. The highest BCUT2D eigenvalue weighted by Gasteiger charge is 2.41. The van der Waals surface area contributed by atoms with Crippen molar-refractivity contribution in [2.45, 2.75) is 38.3 Å². The second-order valence-electron chi connectivity index (χ2n) is 14.4. The molecule has 0 spiro atoms. The van der Waals surface area contributed by atoms with E-state index in [1.165, 1.54) is 6.07 Å². The molecule has 1 unspecified atom stereocenters. The van der Waals surface area contributed by atoms with Crippen LogP contribution in [-0.4, -0.2) is 44.6 Å². The zero-order chi connectivity index (χ0) is 36.3. The Bertz CT molecular complexity index is 2210. The molecule has 53 heavy (non-hydrogen) atoms. The molecule has 2 aromatic heterocycles. The molecule has 3 heterocycles. The van der Waals surface area contributed by atoms with Crippen molar-refractivity contribution in [3.63, 3.8) is 0 Å². The summed E-state index contributed by atoms with van der Waals surface area (Å²) in [6.07, 6.45) is 4.12. The lowest BCUT2D eigenvalue weighted by atomic mass is 9.76. The Labute approximate surface area is 310 Å². The number of hydrogen-bond acceptors (Lipinski definition) is 5. The van der Waals surface area contributed by atoms with Crippen LogP contribution in [0, 0.1) is 18.2 Å². The van der Waals surface area contributed by atoms with Crippen molar-refractivity contribution in [1.29, 1.82) is 0 Å². The minimum atomic E-state index is -0.776. The van der Waals surface area contributed by atoms with E-state index in [2.05, 4.69) is 135 Å². The Hall–Kier alpha value is -5.47. The van der Waals surface area contributed by atoms with E-state index in [9.17, 15) is 9.50 Å². The number of pyridine rings is 1. The highest BCUT2D eigenvalue weighted by molar-refractivity contribution is 5.94. The van der Waals surface area contributed by atoms with E-state index in [4.69, 9.17) is 5.10 Å². The molecule has 0 saturated carbocycles. The lowest BCUT2D eigenvalue weighted by Crippen LogP contribution is -2.51. The number of nitrogens with one attached hydrogen (secondary N) is 1. The normalized spacial score (nSPS) is 16.6. The Kier molecular flexibility index (Phi) is 9.71. The molecule has 2 N–H and O–H groups in total. The summed E-state index contributed by atoms with van der Waals surface area (Å²) in [4.78, 5) is 4.50. The summed E-state index contributed by atoms with van der Waals surface area (Å²) in [5, 5.41) is 19.4. The van der Waals surface area contributed by atoms with Gasteiger partial charge in [-0.15, -0.1) is 0 Å². The first-order valence-corrected chi connectivity index (χ1v) is 18.4. The van der Waals surface area contributed by atoms with Gasteiger partial charge in [0.25, 0.3) is 0 Å². The van der Waals surface area contributed by atoms with Gasteiger partial charge in [-0.3, -0.25) is 10.4 Å². The van der Waals surface area contributed by atoms with Gasteiger partial charge in [-0.2, -0.15) is 5.10 Å². The number of rotatable bonds is 11. The maximum atomic E-state index is 14.7. The van der Waals surface area contributed by atoms with E-state index in [1.807, 2.05) is 31.3 Å². The van der Waals surface area contributed by atoms with Crippen molar-refractivity contribution in [3.05, 3.63) is 191 Å². The lowest BCUT2D eigenvalue weighted by Gasteiger charge is -2.42. The van der Waals surface area contributed by atoms with E-state index in [0.29, 0.717) is 25.1 Å². The SMILES string of the molecule is Cc1cc(-c2nn(C(c3ccccc3)(c3ccccc3)c3ccccc3)c3ccc(CNN4CCCC(CO)(Cc5ccccc5F)C4)cc23)ccn1. The third kappa shape index (κ3) is 6.68. The van der Waals surface area contributed by atoms with Gasteiger partial charge >= 0.3 is 0 Å². The molecule has 7 aromatic rings. The molecule has 0 radical (unpaired) electrons. The number of aliphatic hydroxyl groups excluding tert-OH is 1. The van der Waals surface area contributed by atoms with Gasteiger partial charge in [0, 0.05) is 47.9 Å². The van der Waals surface area contributed by atoms with Crippen LogP contribution < -0.4 is 5.43 Å². The van der Waals surface area contributed by atoms with Gasteiger partial charge < -0.3 is 5.11 Å². The van der Waals surface area contributed by atoms with Crippen molar-refractivity contribution in [2.24, 2.45) is 5.41 Å². The van der Waals surface area contributed by atoms with Gasteiger partial charge in [0.15, 0.2) is 0 Å². The first kappa shape index (κ1) is 34.6. The average Bonchev–Trinajstić information content (AvgIpc) is 3.59. The predicted molar refractivity (Wildman–Crippen MR) is 210 cm³/mol. The Morgan fingerprint density at radius 2 is 1.43 bits per heavy atom. The second-order valence-corrected chi connectivity index (χ2v) is 14.4. The number of aryl methyl sites for hydroxylation is 1. The van der Waals surface area contributed by atoms with Crippen LogP contribution in [0.5, 0.6) is 0 Å². The van der Waals surface area contributed by atoms with E-state index in [-0.39, 0.29) is 12.4 Å². The van der Waals surface area contributed by atoms with Crippen LogP contribution in [0.4, 0.5) is 4.39 Å². The fourth-order valence-electron chi connectivity index (χ4n) is 8.26. The van der Waals surface area contributed by atoms with E-state index in [0.717, 1.165) is 69.5 Å². The molecule has 266 valence electrons. The lowest BCUT2D eigenvalue weighted by molar-refractivity contribution is 0.00577. The number of hydrazine groups is 1. The first-order chi connectivity index (χ1) is 26.0. The molecule has 5 aromatic carbocycles. The third-order valence-electron chi connectivity index (χ3n) is 10.8. The quantitative estimate of drug-likeness (QED) is 0.132. The molecule has 1 saturated heterocycles. The van der Waals surface area contributed by atoms with Crippen molar-refractivity contribution in [2.75, 3.05) is 19.7 Å². The largest absolute Gasteiger partial charge is 0.396 e. The topological polar surface area (TPSA) is 66.2 Å². The molecule has 8 rings (SSSR count). The second kappa shape index (κ2) is 14.9. The molecule has 0 amide bonds. The summed E-state index contributed by atoms with van der Waals surface area (Å²) in [6, 6.07) is 49.6. The standard InChI is InChI=1S/C46H44FN5O/c1-34-28-36(24-26-48-34)44-41-29-35(31-49-51-27-13-25-45(32-51,33-53)30-37-14-11-12-21-42(37)47)22-23-43(41)52(50-44)46(38-15-5-2-6-16-38,39-17-7-3-8-18-39)40-19-9-4-10-20-40/h2-12,14-24,26,28-29,49,53H,13,25,27,30-33H2,1H3. The number of piperidine rings is 1. The number of hydrogen-bond donors (Lipinski definition) is 2. The van der Waals surface area contributed by atoms with Gasteiger partial charge in [0.05, 0.1) is 12.1 Å². The van der Waals surface area contributed by atoms with Crippen LogP contribution in [0.25, 0.3) is 22.2 Å². The average molecular weight is 702 g/mol. The minimum Gasteiger partial charge on any atom is -0.396 e. The van der Waals surface area contributed by atoms with E-state index < -0.39 is 11.0 Å². The van der Waals surface area contributed by atoms with Crippen LogP contribution in [0.15, 0.2) is 152 Å². The van der Waals surface area contributed by atoms with E-state index >= 15 is 0 Å². The zero-order valence-corrected chi connectivity index (χ0v) is 30.0. The minimum absolute atomic E-state index is 0.00532. The summed E-state index contributed by atoms with van der Waals surface area (Å²) < 4.78 is 16.9. The third-order valence-corrected chi connectivity index (χ3v) is 10.8. The number of nitrogens with zero attached hydrogens (tertiary/aromatic N) is 4. The maximum absolute atomic E-state index is 14.7. The van der Waals surface area contributed by atoms with Crippen molar-refractivity contribution in [1.82, 2.24) is 25.2 Å². The molecule has 7 heteroatoms. The summed E-state index contributed by atoms with van der Waals surface area (Å²) >= 11 is 0. The molecule has 1 fully saturated rings. The summed E-state index contributed by atoms with van der Waals surface area (Å²) in [6.45, 7) is 4.10. The molecule has 1 atom stereocenters. The molecule has 1 aliphatic rings. The van der Waals surface area contributed by atoms with Crippen LogP contribution in [-0.2, 0) is 18.5 Å². The number of aromatic nitrogens is 3. The van der Waals surface area contributed by atoms with Crippen molar-refractivity contribution in [3.8, 4) is 11.3 Å². The van der Waals surface area contributed by atoms with Gasteiger partial charge in [0.2, 0.25) is 0 Å². The highest BCUT2D eigenvalue weighted by atomic mass is 19.1. The molecule has 6 nitrogen and oxygen atoms in total. The van der Waals surface area contributed by atoms with Crippen molar-refractivity contribution >= 4 is 10.9 Å². The Balaban J connectivity index is 1.22. The monoisotopic (exact) mass is 701 g/mol. The van der Waals surface area contributed by atoms with E-state index in [1.54, 1.807) is 6.07 Å². The molecular weight excluding hydrogens is 658 g/mol. The summed E-state index contributed by atoms with van der Waals surface area (Å²) in [5.74, 6) is -0.213. The summed E-state index contributed by atoms with van der Waals surface area (Å²) in [5.41, 5.74) is 11.4. The van der Waals surface area contributed by atoms with Crippen LogP contribution in [0.2, 0.25) is 0 Å². The van der Waals surface area contributed by atoms with Gasteiger partial charge in [-0.05, 0) is 84.3 Å². The van der Waals surface area contributed by atoms with Crippen molar-refractivity contribution < 1.29 is 9.50 Å². The zero-order valence-electron chi connectivity index (χ0n) is 30.0. The number of aliphatic hydroxyl groups is 1. The van der Waals surface area contributed by atoms with Gasteiger partial charge in [-0.25, -0.2) is 14.1 Å². The van der Waals surface area contributed by atoms with Crippen LogP contribution >= 0.6 is 0 Å². The van der Waals surface area contributed by atoms with Gasteiger partial charge in [0.1, 0.15) is 17.1 Å². The van der Waals surface area contributed by atoms with Gasteiger partial charge in [-0.1, -0.05) is 115 Å². The highest BCUT2D eigenvalue weighted by Crippen LogP contribution is 2.44. The fraction of sp³-hybridized carbons (Fsp3) is 0.217. The number of benzene rings is 5. The molecule has 0 bridgehead atoms. The summed E-state index contributed by atoms with van der Waals surface area (Å²) in [7, 11) is 0. The number of halogens is 1.